The lowest BCUT2D eigenvalue weighted by molar-refractivity contribution is -0.192. The Balaban J connectivity index is 0.000000185. The first-order chi connectivity index (χ1) is 7.80. The number of hydrogen-bond donors (Lipinski definition) is 3. The molecule has 0 fully saturated rings. The molecule has 2 rings (SSSR count). The van der Waals surface area contributed by atoms with E-state index >= 15 is 0 Å². The van der Waals surface area contributed by atoms with E-state index in [4.69, 9.17) is 9.90 Å². The van der Waals surface area contributed by atoms with Crippen LogP contribution in [0.25, 0.3) is 11.3 Å². The molecule has 10 heteroatoms. The number of aromatic nitrogens is 4. The molecule has 0 unspecified atom stereocenters. The third-order valence-electron chi connectivity index (χ3n) is 1.40. The number of halogens is 3. The highest BCUT2D eigenvalue weighted by atomic mass is 19.4. The number of hydrogen-bond acceptors (Lipinski definition) is 4. The molecule has 0 aliphatic carbocycles. The molecule has 0 aliphatic heterocycles. The minimum Gasteiger partial charge on any atom is -0.475 e. The number of imidazole rings is 1. The van der Waals surface area contributed by atoms with Crippen LogP contribution < -0.4 is 5.69 Å². The Labute approximate surface area is 90.3 Å². The fourth-order valence-electron chi connectivity index (χ4n) is 0.767. The molecular formula is C7H5F3N4O3. The van der Waals surface area contributed by atoms with E-state index in [0.29, 0.717) is 11.3 Å². The number of carboxylic acid groups (broad SMARTS) is 1. The fraction of sp³-hybridized carbons (Fsp3) is 0.143. The van der Waals surface area contributed by atoms with Crippen LogP contribution in [0.2, 0.25) is 0 Å². The molecule has 2 aromatic heterocycles. The maximum Gasteiger partial charge on any atom is 0.490 e. The van der Waals surface area contributed by atoms with Crippen molar-refractivity contribution in [1.82, 2.24) is 19.9 Å². The van der Waals surface area contributed by atoms with Crippen LogP contribution in [0.5, 0.6) is 0 Å². The Hall–Kier alpha value is -2.39. The van der Waals surface area contributed by atoms with Crippen LogP contribution in [0.15, 0.2) is 17.2 Å². The number of nitrogens with one attached hydrogen (secondary N) is 2. The van der Waals surface area contributed by atoms with E-state index in [1.807, 2.05) is 0 Å². The van der Waals surface area contributed by atoms with E-state index in [2.05, 4.69) is 19.9 Å². The van der Waals surface area contributed by atoms with Crippen LogP contribution in [0, 0.1) is 0 Å². The van der Waals surface area contributed by atoms with Gasteiger partial charge in [0, 0.05) is 12.4 Å². The molecular weight excluding hydrogens is 245 g/mol. The lowest BCUT2D eigenvalue weighted by Crippen LogP contribution is -2.21. The predicted octanol–water partition coefficient (Wildman–Crippen LogP) is 0.279. The van der Waals surface area contributed by atoms with Gasteiger partial charge in [-0.3, -0.25) is 9.97 Å². The van der Waals surface area contributed by atoms with Gasteiger partial charge in [0.05, 0.1) is 0 Å². The van der Waals surface area contributed by atoms with Gasteiger partial charge >= 0.3 is 17.8 Å². The van der Waals surface area contributed by atoms with Crippen molar-refractivity contribution in [3.05, 3.63) is 22.9 Å². The van der Waals surface area contributed by atoms with Gasteiger partial charge in [-0.05, 0) is 0 Å². The van der Waals surface area contributed by atoms with Gasteiger partial charge in [0.15, 0.2) is 11.3 Å². The van der Waals surface area contributed by atoms with Crippen molar-refractivity contribution in [1.29, 1.82) is 0 Å². The zero-order chi connectivity index (χ0) is 13.1. The van der Waals surface area contributed by atoms with Gasteiger partial charge in [0.2, 0.25) is 0 Å². The summed E-state index contributed by atoms with van der Waals surface area (Å²) in [6.07, 6.45) is -2.04. The van der Waals surface area contributed by atoms with Crippen molar-refractivity contribution >= 4 is 17.3 Å². The van der Waals surface area contributed by atoms with E-state index in [1.54, 1.807) is 0 Å². The maximum absolute atomic E-state index is 10.6. The van der Waals surface area contributed by atoms with Crippen LogP contribution in [0.1, 0.15) is 0 Å². The third-order valence-corrected chi connectivity index (χ3v) is 1.40. The zero-order valence-electron chi connectivity index (χ0n) is 7.95. The molecule has 0 saturated carbocycles. The molecule has 17 heavy (non-hydrogen) atoms. The van der Waals surface area contributed by atoms with E-state index < -0.39 is 12.1 Å². The Morgan fingerprint density at radius 1 is 1.18 bits per heavy atom. The number of nitrogens with zero attached hydrogens (tertiary/aromatic N) is 2. The van der Waals surface area contributed by atoms with Crippen molar-refractivity contribution in [3.8, 4) is 0 Å². The number of aliphatic carboxylic acids is 1. The van der Waals surface area contributed by atoms with Gasteiger partial charge in [-0.15, -0.1) is 0 Å². The Kier molecular flexibility index (Phi) is 3.46. The molecule has 3 N–H and O–H groups in total. The number of fused-ring (bicyclic) bond motifs is 1. The molecule has 2 aromatic rings. The molecule has 7 nitrogen and oxygen atoms in total. The highest BCUT2D eigenvalue weighted by molar-refractivity contribution is 5.73. The Morgan fingerprint density at radius 3 is 1.82 bits per heavy atom. The molecule has 0 bridgehead atoms. The summed E-state index contributed by atoms with van der Waals surface area (Å²) in [4.78, 5) is 32.1. The molecule has 0 aromatic carbocycles. The van der Waals surface area contributed by atoms with Gasteiger partial charge in [-0.25, -0.2) is 19.6 Å². The molecule has 0 atom stereocenters. The fourth-order valence-corrected chi connectivity index (χ4v) is 0.767. The lowest BCUT2D eigenvalue weighted by Gasteiger charge is -1.93. The molecule has 92 valence electrons. The highest BCUT2D eigenvalue weighted by Crippen LogP contribution is 2.13. The predicted molar refractivity (Wildman–Crippen MR) is 48.2 cm³/mol. The van der Waals surface area contributed by atoms with Crippen LogP contribution in [0.3, 0.4) is 0 Å². The zero-order valence-corrected chi connectivity index (χ0v) is 7.95. The van der Waals surface area contributed by atoms with Gasteiger partial charge in [-0.1, -0.05) is 0 Å². The lowest BCUT2D eigenvalue weighted by atomic mass is 10.7. The second-order valence-electron chi connectivity index (χ2n) is 2.64. The average Bonchev–Trinajstić information content (AvgIpc) is 2.57. The minimum absolute atomic E-state index is 0.277. The summed E-state index contributed by atoms with van der Waals surface area (Å²) in [5.41, 5.74) is 0.709. The highest BCUT2D eigenvalue weighted by Gasteiger charge is 2.38. The van der Waals surface area contributed by atoms with Crippen molar-refractivity contribution in [2.45, 2.75) is 6.18 Å². The van der Waals surface area contributed by atoms with E-state index in [1.165, 1.54) is 12.4 Å². The molecule has 0 aliphatic rings. The van der Waals surface area contributed by atoms with Gasteiger partial charge in [0.1, 0.15) is 0 Å². The number of aromatic amines is 2. The van der Waals surface area contributed by atoms with Crippen LogP contribution >= 0.6 is 0 Å². The number of rotatable bonds is 0. The second-order valence-corrected chi connectivity index (χ2v) is 2.64. The summed E-state index contributed by atoms with van der Waals surface area (Å²) in [7, 11) is 0. The largest absolute Gasteiger partial charge is 0.490 e. The summed E-state index contributed by atoms with van der Waals surface area (Å²) in [5, 5.41) is 7.12. The smallest absolute Gasteiger partial charge is 0.475 e. The molecule has 0 amide bonds. The topological polar surface area (TPSA) is 112 Å². The first-order valence-electron chi connectivity index (χ1n) is 4.00. The summed E-state index contributed by atoms with van der Waals surface area (Å²) in [6.45, 7) is 0. The van der Waals surface area contributed by atoms with Gasteiger partial charge in [0.25, 0.3) is 0 Å². The summed E-state index contributed by atoms with van der Waals surface area (Å²) in [6, 6.07) is 0. The van der Waals surface area contributed by atoms with Crippen LogP contribution in [0.4, 0.5) is 13.2 Å². The monoisotopic (exact) mass is 250 g/mol. The Bertz CT molecular complexity index is 537. The number of H-pyrrole nitrogens is 2. The van der Waals surface area contributed by atoms with Crippen LogP contribution in [-0.4, -0.2) is 37.2 Å². The van der Waals surface area contributed by atoms with Crippen LogP contribution in [-0.2, 0) is 4.79 Å². The molecule has 0 spiro atoms. The minimum atomic E-state index is -5.08. The maximum atomic E-state index is 10.6. The second kappa shape index (κ2) is 4.63. The third kappa shape index (κ3) is 3.59. The van der Waals surface area contributed by atoms with E-state index in [0.717, 1.165) is 0 Å². The van der Waals surface area contributed by atoms with Gasteiger partial charge in [-0.2, -0.15) is 13.2 Å². The summed E-state index contributed by atoms with van der Waals surface area (Å²) < 4.78 is 31.7. The normalized spacial score (nSPS) is 10.8. The molecule has 0 saturated heterocycles. The van der Waals surface area contributed by atoms with Crippen molar-refractivity contribution in [3.63, 3.8) is 0 Å². The van der Waals surface area contributed by atoms with Gasteiger partial charge < -0.3 is 5.11 Å². The quantitative estimate of drug-likeness (QED) is 0.621. The van der Waals surface area contributed by atoms with Crippen molar-refractivity contribution in [2.24, 2.45) is 0 Å². The average molecular weight is 250 g/mol. The van der Waals surface area contributed by atoms with E-state index in [9.17, 15) is 18.0 Å². The number of carbonyl (C=O) groups is 1. The van der Waals surface area contributed by atoms with Crippen molar-refractivity contribution in [2.75, 3.05) is 0 Å². The number of carboxylic acids is 1. The van der Waals surface area contributed by atoms with E-state index in [-0.39, 0.29) is 5.69 Å². The number of alkyl halides is 3. The van der Waals surface area contributed by atoms with Crippen molar-refractivity contribution < 1.29 is 23.1 Å². The SMILES string of the molecule is O=C(O)C(F)(F)F.O=c1[nH]c2nccnc2[nH]1. The molecule has 2 heterocycles. The Morgan fingerprint density at radius 2 is 1.53 bits per heavy atom. The summed E-state index contributed by atoms with van der Waals surface area (Å²) in [5.74, 6) is -2.76. The first kappa shape index (κ1) is 12.7. The first-order valence-corrected chi connectivity index (χ1v) is 4.00. The molecule has 0 radical (unpaired) electrons. The summed E-state index contributed by atoms with van der Waals surface area (Å²) >= 11 is 0. The standard InChI is InChI=1S/C5H4N4O.C2HF3O2/c10-5-8-3-4(9-5)7-2-1-6-3;3-2(4,5)1(6)7/h1-2H,(H2,6,7,8,9,10);(H,6,7).